The highest BCUT2D eigenvalue weighted by atomic mass is 35.5. The minimum absolute atomic E-state index is 0.00765. The second kappa shape index (κ2) is 5.81. The molecule has 102 valence electrons. The molecule has 9 heteroatoms. The van der Waals surface area contributed by atoms with E-state index in [2.05, 4.69) is 35.9 Å². The Hall–Kier alpha value is -1.93. The highest BCUT2D eigenvalue weighted by Crippen LogP contribution is 2.25. The van der Waals surface area contributed by atoms with Crippen molar-refractivity contribution in [3.8, 4) is 0 Å². The molecule has 0 radical (unpaired) electrons. The van der Waals surface area contributed by atoms with Gasteiger partial charge in [0.2, 0.25) is 11.2 Å². The minimum atomic E-state index is -0.00765. The number of aliphatic hydroxyl groups excluding tert-OH is 1. The van der Waals surface area contributed by atoms with Crippen molar-refractivity contribution in [3.05, 3.63) is 5.28 Å². The molecule has 0 bridgehead atoms. The summed E-state index contributed by atoms with van der Waals surface area (Å²) in [4.78, 5) is 16.8. The van der Waals surface area contributed by atoms with Gasteiger partial charge in [-0.3, -0.25) is 0 Å². The number of nitrogens with zero attached hydrogens (tertiary/aromatic N) is 4. The van der Waals surface area contributed by atoms with Gasteiger partial charge in [0.15, 0.2) is 11.6 Å². The summed E-state index contributed by atoms with van der Waals surface area (Å²) in [6, 6.07) is 0. The van der Waals surface area contributed by atoms with Crippen molar-refractivity contribution in [2.45, 2.75) is 0 Å². The monoisotopic (exact) mass is 283 g/mol. The molecule has 0 aliphatic rings. The van der Waals surface area contributed by atoms with Crippen LogP contribution in [0.4, 0.5) is 17.6 Å². The van der Waals surface area contributed by atoms with Crippen LogP contribution in [0.15, 0.2) is 0 Å². The van der Waals surface area contributed by atoms with E-state index >= 15 is 0 Å². The molecular formula is C10H14ClN7O. The van der Waals surface area contributed by atoms with E-state index in [4.69, 9.17) is 16.7 Å². The van der Waals surface area contributed by atoms with Crippen LogP contribution in [0.2, 0.25) is 5.28 Å². The van der Waals surface area contributed by atoms with Gasteiger partial charge in [-0.1, -0.05) is 0 Å². The lowest BCUT2D eigenvalue weighted by molar-refractivity contribution is 0.311. The Morgan fingerprint density at radius 3 is 2.26 bits per heavy atom. The van der Waals surface area contributed by atoms with Gasteiger partial charge >= 0.3 is 0 Å². The molecule has 8 nitrogen and oxygen atoms in total. The summed E-state index contributed by atoms with van der Waals surface area (Å²) in [6.07, 6.45) is 0. The predicted octanol–water partition coefficient (Wildman–Crippen LogP) is 0.561. The summed E-state index contributed by atoms with van der Waals surface area (Å²) in [5.41, 5.74) is 1.08. The summed E-state index contributed by atoms with van der Waals surface area (Å²) in [7, 11) is 3.45. The molecule has 0 fully saturated rings. The van der Waals surface area contributed by atoms with Gasteiger partial charge in [0, 0.05) is 20.6 Å². The predicted molar refractivity (Wildman–Crippen MR) is 74.8 cm³/mol. The third-order valence-electron chi connectivity index (χ3n) is 2.38. The SMILES string of the molecule is CNc1nc(NCCO)nc2c(NC)nc(Cl)nc12. The van der Waals surface area contributed by atoms with Crippen LogP contribution < -0.4 is 16.0 Å². The van der Waals surface area contributed by atoms with E-state index < -0.39 is 0 Å². The molecule has 2 rings (SSSR count). The van der Waals surface area contributed by atoms with Crippen LogP contribution in [0.3, 0.4) is 0 Å². The fourth-order valence-electron chi connectivity index (χ4n) is 1.58. The van der Waals surface area contributed by atoms with Gasteiger partial charge in [-0.05, 0) is 11.6 Å². The molecule has 0 aliphatic carbocycles. The number of nitrogens with one attached hydrogen (secondary N) is 3. The Balaban J connectivity index is 2.62. The molecule has 2 aromatic heterocycles. The van der Waals surface area contributed by atoms with Gasteiger partial charge < -0.3 is 21.1 Å². The first kappa shape index (κ1) is 13.5. The zero-order valence-corrected chi connectivity index (χ0v) is 11.3. The average Bonchev–Trinajstić information content (AvgIpc) is 2.43. The third kappa shape index (κ3) is 2.74. The van der Waals surface area contributed by atoms with E-state index in [0.29, 0.717) is 35.2 Å². The number of fused-ring (bicyclic) bond motifs is 1. The van der Waals surface area contributed by atoms with E-state index in [1.54, 1.807) is 14.1 Å². The number of anilines is 3. The maximum Gasteiger partial charge on any atom is 0.225 e. The van der Waals surface area contributed by atoms with Crippen LogP contribution in [0.1, 0.15) is 0 Å². The fraction of sp³-hybridized carbons (Fsp3) is 0.400. The van der Waals surface area contributed by atoms with Crippen LogP contribution in [-0.4, -0.2) is 52.3 Å². The Morgan fingerprint density at radius 1 is 1.00 bits per heavy atom. The van der Waals surface area contributed by atoms with Crippen LogP contribution in [0.25, 0.3) is 11.0 Å². The topological polar surface area (TPSA) is 108 Å². The normalized spacial score (nSPS) is 10.5. The van der Waals surface area contributed by atoms with Gasteiger partial charge in [0.05, 0.1) is 6.61 Å². The van der Waals surface area contributed by atoms with Gasteiger partial charge in [-0.25, -0.2) is 9.97 Å². The Kier molecular flexibility index (Phi) is 4.13. The summed E-state index contributed by atoms with van der Waals surface area (Å²) in [5.74, 6) is 1.43. The lowest BCUT2D eigenvalue weighted by Crippen LogP contribution is -2.11. The summed E-state index contributed by atoms with van der Waals surface area (Å²) in [6.45, 7) is 0.351. The lowest BCUT2D eigenvalue weighted by Gasteiger charge is -2.10. The summed E-state index contributed by atoms with van der Waals surface area (Å²) >= 11 is 5.86. The lowest BCUT2D eigenvalue weighted by atomic mass is 10.3. The van der Waals surface area contributed by atoms with E-state index in [9.17, 15) is 0 Å². The molecule has 4 N–H and O–H groups in total. The van der Waals surface area contributed by atoms with Crippen LogP contribution in [0.5, 0.6) is 0 Å². The van der Waals surface area contributed by atoms with Gasteiger partial charge in [0.25, 0.3) is 0 Å². The molecule has 0 spiro atoms. The number of halogens is 1. The van der Waals surface area contributed by atoms with Crippen molar-refractivity contribution in [2.24, 2.45) is 0 Å². The zero-order valence-electron chi connectivity index (χ0n) is 10.5. The van der Waals surface area contributed by atoms with Gasteiger partial charge in [-0.15, -0.1) is 0 Å². The second-order valence-electron chi connectivity index (χ2n) is 3.58. The molecule has 0 atom stereocenters. The first-order valence-electron chi connectivity index (χ1n) is 5.65. The van der Waals surface area contributed by atoms with Crippen molar-refractivity contribution < 1.29 is 5.11 Å². The number of rotatable bonds is 5. The minimum Gasteiger partial charge on any atom is -0.395 e. The largest absolute Gasteiger partial charge is 0.395 e. The highest BCUT2D eigenvalue weighted by Gasteiger charge is 2.13. The fourth-order valence-corrected chi connectivity index (χ4v) is 1.75. The average molecular weight is 284 g/mol. The molecule has 0 saturated carbocycles. The number of aliphatic hydroxyl groups is 1. The van der Waals surface area contributed by atoms with Crippen molar-refractivity contribution in [2.75, 3.05) is 43.2 Å². The van der Waals surface area contributed by atoms with Crippen molar-refractivity contribution in [1.82, 2.24) is 19.9 Å². The molecule has 2 heterocycles. The van der Waals surface area contributed by atoms with Gasteiger partial charge in [-0.2, -0.15) is 9.97 Å². The van der Waals surface area contributed by atoms with Gasteiger partial charge in [0.1, 0.15) is 11.0 Å². The molecule has 0 amide bonds. The first-order valence-corrected chi connectivity index (χ1v) is 6.03. The third-order valence-corrected chi connectivity index (χ3v) is 2.55. The second-order valence-corrected chi connectivity index (χ2v) is 3.92. The van der Waals surface area contributed by atoms with Crippen LogP contribution in [-0.2, 0) is 0 Å². The quantitative estimate of drug-likeness (QED) is 0.590. The summed E-state index contributed by atoms with van der Waals surface area (Å²) in [5, 5.41) is 17.7. The molecule has 19 heavy (non-hydrogen) atoms. The maximum absolute atomic E-state index is 8.82. The number of aromatic nitrogens is 4. The Bertz CT molecular complexity index is 592. The molecule has 0 aliphatic heterocycles. The van der Waals surface area contributed by atoms with Crippen molar-refractivity contribution >= 4 is 40.2 Å². The highest BCUT2D eigenvalue weighted by molar-refractivity contribution is 6.29. The molecule has 2 aromatic rings. The first-order chi connectivity index (χ1) is 9.19. The zero-order chi connectivity index (χ0) is 13.8. The molecule has 0 unspecified atom stereocenters. The van der Waals surface area contributed by atoms with Crippen LogP contribution in [0, 0.1) is 0 Å². The number of hydrogen-bond donors (Lipinski definition) is 4. The smallest absolute Gasteiger partial charge is 0.225 e. The standard InChI is InChI=1S/C10H14ClN7O/c1-12-7-6-5(15-9(11)17-7)8(13-2)18-10(16-6)14-3-4-19/h19H,3-4H2,1-2H3,(H,12,15,17)(H2,13,14,16,18). The van der Waals surface area contributed by atoms with E-state index in [1.165, 1.54) is 0 Å². The molecule has 0 aromatic carbocycles. The van der Waals surface area contributed by atoms with E-state index in [-0.39, 0.29) is 11.9 Å². The Morgan fingerprint density at radius 2 is 1.63 bits per heavy atom. The van der Waals surface area contributed by atoms with E-state index in [1.807, 2.05) is 0 Å². The maximum atomic E-state index is 8.82. The Labute approximate surface area is 114 Å². The van der Waals surface area contributed by atoms with Crippen molar-refractivity contribution in [1.29, 1.82) is 0 Å². The molecule has 0 saturated heterocycles. The number of hydrogen-bond acceptors (Lipinski definition) is 8. The van der Waals surface area contributed by atoms with E-state index in [0.717, 1.165) is 0 Å². The van der Waals surface area contributed by atoms with Crippen LogP contribution >= 0.6 is 11.6 Å². The van der Waals surface area contributed by atoms with Crippen molar-refractivity contribution in [3.63, 3.8) is 0 Å². The molecular weight excluding hydrogens is 270 g/mol. The summed E-state index contributed by atoms with van der Waals surface area (Å²) < 4.78 is 0.